The topological polar surface area (TPSA) is 72.6 Å². The highest BCUT2D eigenvalue weighted by atomic mass is 16.5. The van der Waals surface area contributed by atoms with E-state index in [1.54, 1.807) is 13.0 Å². The van der Waals surface area contributed by atoms with Gasteiger partial charge in [0.15, 0.2) is 5.78 Å². The molecule has 0 fully saturated rings. The SMILES string of the molecule is CC(N)C(=O)c1c(O)ccc2c1COC2. The van der Waals surface area contributed by atoms with Crippen LogP contribution in [-0.2, 0) is 18.0 Å². The van der Waals surface area contributed by atoms with E-state index in [1.807, 2.05) is 0 Å². The van der Waals surface area contributed by atoms with Crippen LogP contribution in [0.1, 0.15) is 28.4 Å². The van der Waals surface area contributed by atoms with E-state index < -0.39 is 6.04 Å². The van der Waals surface area contributed by atoms with Gasteiger partial charge in [-0.2, -0.15) is 0 Å². The second kappa shape index (κ2) is 3.64. The first-order chi connectivity index (χ1) is 7.11. The van der Waals surface area contributed by atoms with Crippen LogP contribution in [0.4, 0.5) is 0 Å². The van der Waals surface area contributed by atoms with Gasteiger partial charge >= 0.3 is 0 Å². The zero-order valence-corrected chi connectivity index (χ0v) is 8.49. The fraction of sp³-hybridized carbons (Fsp3) is 0.364. The summed E-state index contributed by atoms with van der Waals surface area (Å²) in [5, 5.41) is 9.66. The Balaban J connectivity index is 2.55. The minimum Gasteiger partial charge on any atom is -0.507 e. The van der Waals surface area contributed by atoms with Crippen LogP contribution >= 0.6 is 0 Å². The zero-order valence-electron chi connectivity index (χ0n) is 8.49. The summed E-state index contributed by atoms with van der Waals surface area (Å²) >= 11 is 0. The van der Waals surface area contributed by atoms with Crippen molar-refractivity contribution in [3.8, 4) is 5.75 Å². The molecule has 15 heavy (non-hydrogen) atoms. The molecule has 2 rings (SSSR count). The number of benzene rings is 1. The van der Waals surface area contributed by atoms with E-state index in [0.29, 0.717) is 18.8 Å². The van der Waals surface area contributed by atoms with Gasteiger partial charge in [0, 0.05) is 0 Å². The number of ether oxygens (including phenoxy) is 1. The molecule has 1 heterocycles. The van der Waals surface area contributed by atoms with Crippen molar-refractivity contribution in [2.45, 2.75) is 26.2 Å². The van der Waals surface area contributed by atoms with Gasteiger partial charge in [-0.05, 0) is 24.1 Å². The van der Waals surface area contributed by atoms with E-state index in [4.69, 9.17) is 10.5 Å². The summed E-state index contributed by atoms with van der Waals surface area (Å²) in [6, 6.07) is 2.68. The van der Waals surface area contributed by atoms with Crippen molar-refractivity contribution in [3.63, 3.8) is 0 Å². The van der Waals surface area contributed by atoms with E-state index in [0.717, 1.165) is 11.1 Å². The third kappa shape index (κ3) is 1.62. The number of hydrogen-bond donors (Lipinski definition) is 2. The van der Waals surface area contributed by atoms with Crippen LogP contribution in [0.25, 0.3) is 0 Å². The first-order valence-electron chi connectivity index (χ1n) is 4.82. The second-order valence-electron chi connectivity index (χ2n) is 3.74. The molecule has 0 saturated heterocycles. The molecule has 1 aliphatic heterocycles. The van der Waals surface area contributed by atoms with Crippen molar-refractivity contribution in [1.29, 1.82) is 0 Å². The van der Waals surface area contributed by atoms with Gasteiger partial charge < -0.3 is 15.6 Å². The number of carbonyl (C=O) groups excluding carboxylic acids is 1. The van der Waals surface area contributed by atoms with Crippen LogP contribution in [0.3, 0.4) is 0 Å². The van der Waals surface area contributed by atoms with Crippen molar-refractivity contribution >= 4 is 5.78 Å². The van der Waals surface area contributed by atoms with Crippen LogP contribution in [0.2, 0.25) is 0 Å². The van der Waals surface area contributed by atoms with Crippen LogP contribution in [-0.4, -0.2) is 16.9 Å². The van der Waals surface area contributed by atoms with Crippen LogP contribution in [0, 0.1) is 0 Å². The number of phenols is 1. The average Bonchev–Trinajstić information content (AvgIpc) is 2.64. The van der Waals surface area contributed by atoms with Gasteiger partial charge in [-0.3, -0.25) is 4.79 Å². The Morgan fingerprint density at radius 3 is 2.93 bits per heavy atom. The maximum atomic E-state index is 11.8. The van der Waals surface area contributed by atoms with Gasteiger partial charge in [-0.15, -0.1) is 0 Å². The lowest BCUT2D eigenvalue weighted by Gasteiger charge is -2.10. The molecule has 0 radical (unpaired) electrons. The summed E-state index contributed by atoms with van der Waals surface area (Å²) < 4.78 is 5.24. The van der Waals surface area contributed by atoms with Gasteiger partial charge in [-0.1, -0.05) is 6.07 Å². The number of aromatic hydroxyl groups is 1. The molecule has 80 valence electrons. The van der Waals surface area contributed by atoms with Crippen molar-refractivity contribution in [2.75, 3.05) is 0 Å². The van der Waals surface area contributed by atoms with Crippen molar-refractivity contribution < 1.29 is 14.6 Å². The Hall–Kier alpha value is -1.39. The maximum Gasteiger partial charge on any atom is 0.183 e. The molecule has 3 N–H and O–H groups in total. The van der Waals surface area contributed by atoms with Crippen molar-refractivity contribution in [3.05, 3.63) is 28.8 Å². The van der Waals surface area contributed by atoms with E-state index in [1.165, 1.54) is 6.07 Å². The molecule has 1 aliphatic rings. The molecule has 1 aromatic rings. The minimum absolute atomic E-state index is 0.0125. The number of phenolic OH excluding ortho intramolecular Hbond substituents is 1. The van der Waals surface area contributed by atoms with Crippen LogP contribution in [0.15, 0.2) is 12.1 Å². The molecule has 1 aromatic carbocycles. The maximum absolute atomic E-state index is 11.8. The summed E-state index contributed by atoms with van der Waals surface area (Å²) in [5.41, 5.74) is 7.58. The molecule has 0 spiro atoms. The second-order valence-corrected chi connectivity index (χ2v) is 3.74. The molecule has 4 nitrogen and oxygen atoms in total. The smallest absolute Gasteiger partial charge is 0.183 e. The lowest BCUT2D eigenvalue weighted by molar-refractivity contribution is 0.0959. The van der Waals surface area contributed by atoms with Gasteiger partial charge in [-0.25, -0.2) is 0 Å². The van der Waals surface area contributed by atoms with Crippen LogP contribution in [0.5, 0.6) is 5.75 Å². The number of hydrogen-bond acceptors (Lipinski definition) is 4. The van der Waals surface area contributed by atoms with Crippen LogP contribution < -0.4 is 5.73 Å². The third-order valence-electron chi connectivity index (χ3n) is 2.55. The molecule has 0 aromatic heterocycles. The van der Waals surface area contributed by atoms with E-state index in [2.05, 4.69) is 0 Å². The Bertz CT molecular complexity index is 413. The zero-order chi connectivity index (χ0) is 11.0. The summed E-state index contributed by atoms with van der Waals surface area (Å²) in [6.45, 7) is 2.48. The number of rotatable bonds is 2. The third-order valence-corrected chi connectivity index (χ3v) is 2.55. The number of carbonyl (C=O) groups is 1. The highest BCUT2D eigenvalue weighted by Crippen LogP contribution is 2.30. The fourth-order valence-electron chi connectivity index (χ4n) is 1.74. The molecule has 1 unspecified atom stereocenters. The lowest BCUT2D eigenvalue weighted by atomic mass is 9.96. The number of ketones is 1. The Labute approximate surface area is 87.7 Å². The lowest BCUT2D eigenvalue weighted by Crippen LogP contribution is -2.27. The molecular weight excluding hydrogens is 194 g/mol. The first kappa shape index (κ1) is 10.1. The fourth-order valence-corrected chi connectivity index (χ4v) is 1.74. The highest BCUT2D eigenvalue weighted by Gasteiger charge is 2.24. The van der Waals surface area contributed by atoms with Gasteiger partial charge in [0.25, 0.3) is 0 Å². The quantitative estimate of drug-likeness (QED) is 0.708. The summed E-state index contributed by atoms with van der Waals surface area (Å²) in [5.74, 6) is -0.253. The molecule has 0 bridgehead atoms. The molecule has 0 saturated carbocycles. The standard InChI is InChI=1S/C11H13NO3/c1-6(12)11(14)10-8-5-15-4-7(8)2-3-9(10)13/h2-3,6,13H,4-5,12H2,1H3. The molecule has 0 aliphatic carbocycles. The van der Waals surface area contributed by atoms with Gasteiger partial charge in [0.05, 0.1) is 24.8 Å². The Morgan fingerprint density at radius 2 is 2.27 bits per heavy atom. The largest absolute Gasteiger partial charge is 0.507 e. The van der Waals surface area contributed by atoms with E-state index in [-0.39, 0.29) is 11.5 Å². The number of nitrogens with two attached hydrogens (primary N) is 1. The number of Topliss-reactive ketones (excluding diaryl/α,β-unsaturated/α-hetero) is 1. The molecule has 0 amide bonds. The highest BCUT2D eigenvalue weighted by molar-refractivity contribution is 6.03. The first-order valence-corrected chi connectivity index (χ1v) is 4.82. The van der Waals surface area contributed by atoms with Crippen molar-refractivity contribution in [1.82, 2.24) is 0 Å². The van der Waals surface area contributed by atoms with Gasteiger partial charge in [0.2, 0.25) is 0 Å². The predicted molar refractivity (Wildman–Crippen MR) is 54.6 cm³/mol. The average molecular weight is 207 g/mol. The van der Waals surface area contributed by atoms with Crippen molar-refractivity contribution in [2.24, 2.45) is 5.73 Å². The predicted octanol–water partition coefficient (Wildman–Crippen LogP) is 0.952. The van der Waals surface area contributed by atoms with E-state index in [9.17, 15) is 9.90 Å². The summed E-state index contributed by atoms with van der Waals surface area (Å²) in [4.78, 5) is 11.8. The molecule has 4 heteroatoms. The minimum atomic E-state index is -0.608. The Kier molecular flexibility index (Phi) is 2.46. The summed E-state index contributed by atoms with van der Waals surface area (Å²) in [6.07, 6.45) is 0. The summed E-state index contributed by atoms with van der Waals surface area (Å²) in [7, 11) is 0. The molecular formula is C11H13NO3. The normalized spacial score (nSPS) is 16.1. The van der Waals surface area contributed by atoms with Gasteiger partial charge in [0.1, 0.15) is 5.75 Å². The Morgan fingerprint density at radius 1 is 1.53 bits per heavy atom. The van der Waals surface area contributed by atoms with E-state index >= 15 is 0 Å². The number of fused-ring (bicyclic) bond motifs is 1. The monoisotopic (exact) mass is 207 g/mol. The molecule has 1 atom stereocenters.